The van der Waals surface area contributed by atoms with Gasteiger partial charge in [0.15, 0.2) is 0 Å². The molecule has 0 spiro atoms. The van der Waals surface area contributed by atoms with E-state index in [2.05, 4.69) is 127 Å². The molecule has 4 heteroatoms. The van der Waals surface area contributed by atoms with Gasteiger partial charge in [-0.05, 0) is 115 Å². The molecule has 0 amide bonds. The minimum absolute atomic E-state index is 0.779. The maximum atomic E-state index is 6.36. The first-order valence-electron chi connectivity index (χ1n) is 17.3. The summed E-state index contributed by atoms with van der Waals surface area (Å²) in [5.41, 5.74) is 12.1. The fourth-order valence-electron chi connectivity index (χ4n) is 6.88. The Balaban J connectivity index is 1.43. The van der Waals surface area contributed by atoms with Gasteiger partial charge < -0.3 is 4.42 Å². The van der Waals surface area contributed by atoms with Gasteiger partial charge in [-0.3, -0.25) is 14.9 Å². The summed E-state index contributed by atoms with van der Waals surface area (Å²) in [4.78, 5) is 11.4. The zero-order chi connectivity index (χ0) is 35.0. The molecule has 0 unspecified atom stereocenters. The molecule has 6 rings (SSSR count). The summed E-state index contributed by atoms with van der Waals surface area (Å²) in [6.45, 7) is 15.0. The van der Waals surface area contributed by atoms with Gasteiger partial charge in [-0.2, -0.15) is 0 Å². The second kappa shape index (κ2) is 15.7. The molecule has 0 bridgehead atoms. The van der Waals surface area contributed by atoms with Crippen LogP contribution >= 0.6 is 0 Å². The van der Waals surface area contributed by atoms with Crippen LogP contribution in [0.15, 0.2) is 155 Å². The highest BCUT2D eigenvalue weighted by Crippen LogP contribution is 2.42. The summed E-state index contributed by atoms with van der Waals surface area (Å²) in [7, 11) is 1.87. The zero-order valence-electron chi connectivity index (χ0n) is 29.6. The lowest BCUT2D eigenvalue weighted by Gasteiger charge is -2.24. The lowest BCUT2D eigenvalue weighted by atomic mass is 9.83. The van der Waals surface area contributed by atoms with Crippen molar-refractivity contribution in [2.24, 2.45) is 9.98 Å². The Morgan fingerprint density at radius 2 is 1.74 bits per heavy atom. The normalized spacial score (nSPS) is 13.9. The predicted octanol–water partition coefficient (Wildman–Crippen LogP) is 13.0. The fraction of sp³-hybridized carbons (Fsp3) is 0.174. The van der Waals surface area contributed by atoms with Crippen molar-refractivity contribution in [1.29, 1.82) is 0 Å². The van der Waals surface area contributed by atoms with E-state index in [1.54, 1.807) is 0 Å². The Morgan fingerprint density at radius 1 is 0.980 bits per heavy atom. The summed E-state index contributed by atoms with van der Waals surface area (Å²) in [5, 5.41) is 3.46. The first kappa shape index (κ1) is 34.1. The predicted molar refractivity (Wildman–Crippen MR) is 218 cm³/mol. The maximum Gasteiger partial charge on any atom is 0.205 e. The third-order valence-electron chi connectivity index (χ3n) is 9.35. The number of hydrogen-bond acceptors (Lipinski definition) is 4. The molecule has 50 heavy (non-hydrogen) atoms. The van der Waals surface area contributed by atoms with Gasteiger partial charge in [0.25, 0.3) is 0 Å². The first-order chi connectivity index (χ1) is 24.4. The van der Waals surface area contributed by atoms with Crippen LogP contribution in [0, 0.1) is 6.92 Å². The minimum Gasteiger partial charge on any atom is -0.440 e. The lowest BCUT2D eigenvalue weighted by molar-refractivity contribution is 0.616. The van der Waals surface area contributed by atoms with Crippen molar-refractivity contribution >= 4 is 56.4 Å². The van der Waals surface area contributed by atoms with E-state index in [-0.39, 0.29) is 0 Å². The average molecular weight is 656 g/mol. The Hall–Kier alpha value is -5.74. The molecule has 0 radical (unpaired) electrons. The van der Waals surface area contributed by atoms with Crippen molar-refractivity contribution in [2.45, 2.75) is 46.5 Å². The van der Waals surface area contributed by atoms with E-state index in [1.165, 1.54) is 27.5 Å². The van der Waals surface area contributed by atoms with Crippen LogP contribution in [0.5, 0.6) is 0 Å². The first-order valence-corrected chi connectivity index (χ1v) is 17.3. The van der Waals surface area contributed by atoms with Gasteiger partial charge in [-0.15, -0.1) is 0 Å². The molecule has 4 aromatic carbocycles. The topological polar surface area (TPSA) is 41.1 Å². The van der Waals surface area contributed by atoms with Gasteiger partial charge >= 0.3 is 0 Å². The summed E-state index contributed by atoms with van der Waals surface area (Å²) in [5.74, 6) is 0.779. The smallest absolute Gasteiger partial charge is 0.205 e. The standard InChI is InChI=1S/C46H45N3O/c1-7-9-17-33(4)49(44-31-36-18-11-14-23-43(36)50-44)37-27-25-35(26-28-37)46-34(5)38(19-10-8-2)45(39-20-12-13-21-40(39)46)32(3)24-29-41(47-6)42-22-15-16-30-48-42/h7-14,16-21,23,25-28,30-31H,2-3,15,22,24,29H2,1,4-6H3/b9-7-,19-10-,33-17+,47-41?. The number of fused-ring (bicyclic) bond motifs is 2. The Kier molecular flexibility index (Phi) is 10.7. The molecule has 0 saturated carbocycles. The number of aliphatic imine (C=N–C) groups is 2. The molecule has 5 aromatic rings. The Bertz CT molecular complexity index is 2200. The van der Waals surface area contributed by atoms with Crippen LogP contribution < -0.4 is 4.90 Å². The van der Waals surface area contributed by atoms with Gasteiger partial charge in [0.1, 0.15) is 5.58 Å². The molecule has 0 N–H and O–H groups in total. The highest BCUT2D eigenvalue weighted by atomic mass is 16.4. The van der Waals surface area contributed by atoms with Gasteiger partial charge in [0.05, 0.1) is 11.4 Å². The van der Waals surface area contributed by atoms with Gasteiger partial charge in [0.2, 0.25) is 5.88 Å². The largest absolute Gasteiger partial charge is 0.440 e. The number of rotatable bonds is 12. The van der Waals surface area contributed by atoms with E-state index in [4.69, 9.17) is 4.42 Å². The highest BCUT2D eigenvalue weighted by Gasteiger charge is 2.21. The summed E-state index contributed by atoms with van der Waals surface area (Å²) in [6, 6.07) is 27.8. The van der Waals surface area contributed by atoms with Crippen LogP contribution in [0.25, 0.3) is 44.5 Å². The molecule has 4 nitrogen and oxygen atoms in total. The van der Waals surface area contributed by atoms with Crippen LogP contribution in [-0.4, -0.2) is 18.5 Å². The molecule has 250 valence electrons. The number of para-hydroxylation sites is 1. The molecule has 1 aromatic heterocycles. The monoisotopic (exact) mass is 655 g/mol. The van der Waals surface area contributed by atoms with E-state index in [9.17, 15) is 0 Å². The molecule has 0 aliphatic carbocycles. The molecule has 1 aliphatic rings. The number of furan rings is 1. The molecular formula is C46H45N3O. The SMILES string of the molecule is C=C/C=C\c1c(C)c(-c2ccc(N(/C(C)=C/C=C\C)c3cc4ccccc4o3)cc2)c2ccccc2c1C(=C)CCC(=NC)C1=NC=CCC1. The number of benzene rings is 4. The van der Waals surface area contributed by atoms with Gasteiger partial charge in [-0.1, -0.05) is 104 Å². The molecule has 0 saturated heterocycles. The maximum absolute atomic E-state index is 6.36. The number of anilines is 2. The zero-order valence-corrected chi connectivity index (χ0v) is 29.6. The highest BCUT2D eigenvalue weighted by molar-refractivity contribution is 6.42. The van der Waals surface area contributed by atoms with E-state index >= 15 is 0 Å². The van der Waals surface area contributed by atoms with Crippen LogP contribution in [0.2, 0.25) is 0 Å². The van der Waals surface area contributed by atoms with Crippen LogP contribution in [0.1, 0.15) is 56.2 Å². The summed E-state index contributed by atoms with van der Waals surface area (Å²) < 4.78 is 6.36. The van der Waals surface area contributed by atoms with Crippen molar-refractivity contribution in [1.82, 2.24) is 0 Å². The number of allylic oxidation sites excluding steroid dienone is 8. The minimum atomic E-state index is 0.779. The molecule has 0 fully saturated rings. The van der Waals surface area contributed by atoms with E-state index in [0.717, 1.165) is 82.0 Å². The average Bonchev–Trinajstić information content (AvgIpc) is 3.58. The van der Waals surface area contributed by atoms with E-state index in [0.29, 0.717) is 0 Å². The summed E-state index contributed by atoms with van der Waals surface area (Å²) >= 11 is 0. The molecule has 2 heterocycles. The van der Waals surface area contributed by atoms with Crippen molar-refractivity contribution in [3.05, 3.63) is 157 Å². The van der Waals surface area contributed by atoms with Crippen LogP contribution in [0.3, 0.4) is 0 Å². The van der Waals surface area contributed by atoms with Crippen molar-refractivity contribution in [3.8, 4) is 11.1 Å². The van der Waals surface area contributed by atoms with Gasteiger partial charge in [-0.25, -0.2) is 0 Å². The summed E-state index contributed by atoms with van der Waals surface area (Å²) in [6.07, 6.45) is 19.8. The third kappa shape index (κ3) is 7.02. The Morgan fingerprint density at radius 3 is 2.44 bits per heavy atom. The number of hydrogen-bond donors (Lipinski definition) is 0. The second-order valence-corrected chi connectivity index (χ2v) is 12.5. The molecule has 1 aliphatic heterocycles. The Labute approximate surface area is 296 Å². The van der Waals surface area contributed by atoms with Crippen LogP contribution in [0.4, 0.5) is 11.6 Å². The molecular weight excluding hydrogens is 611 g/mol. The van der Waals surface area contributed by atoms with E-state index < -0.39 is 0 Å². The van der Waals surface area contributed by atoms with E-state index in [1.807, 2.05) is 56.6 Å². The van der Waals surface area contributed by atoms with Crippen LogP contribution in [-0.2, 0) is 0 Å². The molecule has 0 atom stereocenters. The lowest BCUT2D eigenvalue weighted by Crippen LogP contribution is -2.15. The second-order valence-electron chi connectivity index (χ2n) is 12.5. The quantitative estimate of drug-likeness (QED) is 0.0991. The number of nitrogens with zero attached hydrogens (tertiary/aromatic N) is 3. The van der Waals surface area contributed by atoms with Crippen molar-refractivity contribution in [3.63, 3.8) is 0 Å². The fourth-order valence-corrected chi connectivity index (χ4v) is 6.88. The van der Waals surface area contributed by atoms with Gasteiger partial charge in [0, 0.05) is 36.1 Å². The van der Waals surface area contributed by atoms with Crippen molar-refractivity contribution < 1.29 is 4.42 Å². The van der Waals surface area contributed by atoms with Crippen molar-refractivity contribution in [2.75, 3.05) is 11.9 Å². The third-order valence-corrected chi connectivity index (χ3v) is 9.35.